The minimum absolute atomic E-state index is 0.527. The van der Waals surface area contributed by atoms with Gasteiger partial charge in [0.2, 0.25) is 0 Å². The van der Waals surface area contributed by atoms with Gasteiger partial charge in [0, 0.05) is 31.3 Å². The summed E-state index contributed by atoms with van der Waals surface area (Å²) in [6.45, 7) is 10.2. The summed E-state index contributed by atoms with van der Waals surface area (Å²) in [6.07, 6.45) is 3.50. The van der Waals surface area contributed by atoms with Crippen LogP contribution in [0.5, 0.6) is 0 Å². The quantitative estimate of drug-likeness (QED) is 0.803. The SMILES string of the molecule is CCCNC1CCOCC1N1CCOCC1CC. The lowest BCUT2D eigenvalue weighted by atomic mass is 9.98. The summed E-state index contributed by atoms with van der Waals surface area (Å²) in [6, 6.07) is 1.68. The highest BCUT2D eigenvalue weighted by molar-refractivity contribution is 4.91. The number of hydrogen-bond donors (Lipinski definition) is 1. The highest BCUT2D eigenvalue weighted by atomic mass is 16.5. The van der Waals surface area contributed by atoms with Gasteiger partial charge in [0.05, 0.1) is 19.8 Å². The molecule has 0 radical (unpaired) electrons. The van der Waals surface area contributed by atoms with Crippen molar-refractivity contribution in [1.29, 1.82) is 0 Å². The molecule has 2 rings (SSSR count). The van der Waals surface area contributed by atoms with Crippen LogP contribution in [-0.4, -0.2) is 62.5 Å². The molecule has 0 spiro atoms. The first-order valence-corrected chi connectivity index (χ1v) is 7.51. The van der Waals surface area contributed by atoms with Gasteiger partial charge < -0.3 is 14.8 Å². The molecule has 0 aromatic heterocycles. The molecular formula is C14H28N2O2. The summed E-state index contributed by atoms with van der Waals surface area (Å²) in [5, 5.41) is 3.70. The monoisotopic (exact) mass is 256 g/mol. The van der Waals surface area contributed by atoms with Crippen molar-refractivity contribution >= 4 is 0 Å². The van der Waals surface area contributed by atoms with E-state index < -0.39 is 0 Å². The van der Waals surface area contributed by atoms with E-state index in [-0.39, 0.29) is 0 Å². The second-order valence-corrected chi connectivity index (χ2v) is 5.37. The summed E-state index contributed by atoms with van der Waals surface area (Å²) in [5.74, 6) is 0. The van der Waals surface area contributed by atoms with E-state index in [1.807, 2.05) is 0 Å². The fourth-order valence-electron chi connectivity index (χ4n) is 3.07. The summed E-state index contributed by atoms with van der Waals surface area (Å²) < 4.78 is 11.3. The van der Waals surface area contributed by atoms with Crippen LogP contribution < -0.4 is 5.32 Å². The van der Waals surface area contributed by atoms with Crippen LogP contribution in [0.4, 0.5) is 0 Å². The van der Waals surface area contributed by atoms with Crippen molar-refractivity contribution < 1.29 is 9.47 Å². The van der Waals surface area contributed by atoms with Gasteiger partial charge in [0.1, 0.15) is 0 Å². The van der Waals surface area contributed by atoms with Gasteiger partial charge >= 0.3 is 0 Å². The molecule has 106 valence electrons. The molecule has 2 aliphatic rings. The van der Waals surface area contributed by atoms with E-state index in [0.717, 1.165) is 52.4 Å². The van der Waals surface area contributed by atoms with Gasteiger partial charge in [-0.3, -0.25) is 4.90 Å². The first-order chi connectivity index (χ1) is 8.86. The zero-order valence-corrected chi connectivity index (χ0v) is 11.9. The first kappa shape index (κ1) is 14.3. The number of hydrogen-bond acceptors (Lipinski definition) is 4. The lowest BCUT2D eigenvalue weighted by Gasteiger charge is -2.45. The Hall–Kier alpha value is -0.160. The zero-order chi connectivity index (χ0) is 12.8. The van der Waals surface area contributed by atoms with Crippen LogP contribution in [0.1, 0.15) is 33.1 Å². The number of rotatable bonds is 5. The van der Waals surface area contributed by atoms with Crippen LogP contribution >= 0.6 is 0 Å². The van der Waals surface area contributed by atoms with Gasteiger partial charge in [0.25, 0.3) is 0 Å². The molecule has 4 nitrogen and oxygen atoms in total. The highest BCUT2D eigenvalue weighted by Gasteiger charge is 2.35. The van der Waals surface area contributed by atoms with Crippen LogP contribution in [0.2, 0.25) is 0 Å². The summed E-state index contributed by atoms with van der Waals surface area (Å²) >= 11 is 0. The molecule has 0 bridgehead atoms. The molecule has 18 heavy (non-hydrogen) atoms. The van der Waals surface area contributed by atoms with E-state index in [4.69, 9.17) is 9.47 Å². The fraction of sp³-hybridized carbons (Fsp3) is 1.00. The summed E-state index contributed by atoms with van der Waals surface area (Å²) in [4.78, 5) is 2.62. The van der Waals surface area contributed by atoms with Gasteiger partial charge in [-0.1, -0.05) is 13.8 Å². The van der Waals surface area contributed by atoms with Gasteiger partial charge in [-0.2, -0.15) is 0 Å². The van der Waals surface area contributed by atoms with Crippen LogP contribution in [0.3, 0.4) is 0 Å². The van der Waals surface area contributed by atoms with Crippen LogP contribution in [-0.2, 0) is 9.47 Å². The maximum Gasteiger partial charge on any atom is 0.0637 e. The molecule has 2 saturated heterocycles. The molecule has 4 heteroatoms. The number of ether oxygens (including phenoxy) is 2. The van der Waals surface area contributed by atoms with E-state index >= 15 is 0 Å². The molecule has 0 amide bonds. The Kier molecular flexibility index (Phi) is 5.89. The predicted molar refractivity (Wildman–Crippen MR) is 72.9 cm³/mol. The normalized spacial score (nSPS) is 34.7. The lowest BCUT2D eigenvalue weighted by molar-refractivity contribution is -0.0761. The van der Waals surface area contributed by atoms with Crippen molar-refractivity contribution in [3.63, 3.8) is 0 Å². The number of morpholine rings is 1. The molecule has 2 aliphatic heterocycles. The van der Waals surface area contributed by atoms with E-state index in [0.29, 0.717) is 18.1 Å². The molecule has 3 unspecified atom stereocenters. The van der Waals surface area contributed by atoms with Gasteiger partial charge in [0.15, 0.2) is 0 Å². The van der Waals surface area contributed by atoms with Gasteiger partial charge in [-0.15, -0.1) is 0 Å². The minimum Gasteiger partial charge on any atom is -0.380 e. The van der Waals surface area contributed by atoms with Crippen molar-refractivity contribution in [3.8, 4) is 0 Å². The Balaban J connectivity index is 1.97. The van der Waals surface area contributed by atoms with Crippen molar-refractivity contribution in [2.45, 2.75) is 51.2 Å². The highest BCUT2D eigenvalue weighted by Crippen LogP contribution is 2.21. The van der Waals surface area contributed by atoms with Crippen molar-refractivity contribution in [3.05, 3.63) is 0 Å². The third-order valence-corrected chi connectivity index (χ3v) is 4.15. The molecule has 0 aromatic carbocycles. The van der Waals surface area contributed by atoms with Crippen molar-refractivity contribution in [2.24, 2.45) is 0 Å². The van der Waals surface area contributed by atoms with Crippen LogP contribution in [0.25, 0.3) is 0 Å². The second kappa shape index (κ2) is 7.43. The van der Waals surface area contributed by atoms with E-state index in [2.05, 4.69) is 24.1 Å². The Morgan fingerprint density at radius 1 is 1.17 bits per heavy atom. The zero-order valence-electron chi connectivity index (χ0n) is 11.9. The largest absolute Gasteiger partial charge is 0.380 e. The Morgan fingerprint density at radius 3 is 2.78 bits per heavy atom. The van der Waals surface area contributed by atoms with E-state index in [1.54, 1.807) is 0 Å². The maximum atomic E-state index is 5.72. The van der Waals surface area contributed by atoms with Crippen molar-refractivity contribution in [1.82, 2.24) is 10.2 Å². The fourth-order valence-corrected chi connectivity index (χ4v) is 3.07. The minimum atomic E-state index is 0.527. The topological polar surface area (TPSA) is 33.7 Å². The molecule has 0 saturated carbocycles. The van der Waals surface area contributed by atoms with Crippen LogP contribution in [0.15, 0.2) is 0 Å². The molecule has 3 atom stereocenters. The molecule has 1 N–H and O–H groups in total. The average Bonchev–Trinajstić information content (AvgIpc) is 2.45. The Bertz CT molecular complexity index is 238. The number of nitrogens with one attached hydrogen (secondary N) is 1. The third-order valence-electron chi connectivity index (χ3n) is 4.15. The lowest BCUT2D eigenvalue weighted by Crippen LogP contribution is -2.61. The first-order valence-electron chi connectivity index (χ1n) is 7.51. The average molecular weight is 256 g/mol. The maximum absolute atomic E-state index is 5.72. The second-order valence-electron chi connectivity index (χ2n) is 5.37. The summed E-state index contributed by atoms with van der Waals surface area (Å²) in [5.41, 5.74) is 0. The molecular weight excluding hydrogens is 228 g/mol. The standard InChI is InChI=1S/C14H28N2O2/c1-3-6-15-13-5-8-17-11-14(13)16-7-9-18-10-12(16)4-2/h12-15H,3-11H2,1-2H3. The van der Waals surface area contributed by atoms with E-state index in [1.165, 1.54) is 6.42 Å². The number of nitrogens with zero attached hydrogens (tertiary/aromatic N) is 1. The molecule has 0 aromatic rings. The van der Waals surface area contributed by atoms with E-state index in [9.17, 15) is 0 Å². The smallest absolute Gasteiger partial charge is 0.0637 e. The molecule has 2 fully saturated rings. The Labute approximate surface area is 111 Å². The summed E-state index contributed by atoms with van der Waals surface area (Å²) in [7, 11) is 0. The van der Waals surface area contributed by atoms with Crippen molar-refractivity contribution in [2.75, 3.05) is 39.5 Å². The predicted octanol–water partition coefficient (Wildman–Crippen LogP) is 1.25. The van der Waals surface area contributed by atoms with Gasteiger partial charge in [-0.05, 0) is 25.8 Å². The third kappa shape index (κ3) is 3.44. The molecule has 2 heterocycles. The van der Waals surface area contributed by atoms with Gasteiger partial charge in [-0.25, -0.2) is 0 Å². The Morgan fingerprint density at radius 2 is 2.00 bits per heavy atom. The van der Waals surface area contributed by atoms with Crippen LogP contribution in [0, 0.1) is 0 Å². The molecule has 0 aliphatic carbocycles.